The SMILES string of the molecule is O=C(NCCc1c[nH]c2ccccc12)c1cc(-c2ccc(F)cc2)c[nH]1. The number of aromatic nitrogens is 2. The molecule has 26 heavy (non-hydrogen) atoms. The van der Waals surface area contributed by atoms with Crippen LogP contribution in [0.5, 0.6) is 0 Å². The van der Waals surface area contributed by atoms with Crippen LogP contribution in [0, 0.1) is 5.82 Å². The van der Waals surface area contributed by atoms with Gasteiger partial charge in [0, 0.05) is 29.8 Å². The van der Waals surface area contributed by atoms with Crippen molar-refractivity contribution in [2.45, 2.75) is 6.42 Å². The topological polar surface area (TPSA) is 60.7 Å². The monoisotopic (exact) mass is 347 g/mol. The number of H-pyrrole nitrogens is 2. The fourth-order valence-corrected chi connectivity index (χ4v) is 3.08. The lowest BCUT2D eigenvalue weighted by Gasteiger charge is -2.03. The van der Waals surface area contributed by atoms with Gasteiger partial charge < -0.3 is 15.3 Å². The maximum atomic E-state index is 13.0. The summed E-state index contributed by atoms with van der Waals surface area (Å²) in [6.45, 7) is 0.547. The number of amides is 1. The molecular formula is C21H18FN3O. The molecule has 3 N–H and O–H groups in total. The molecule has 0 saturated heterocycles. The highest BCUT2D eigenvalue weighted by molar-refractivity contribution is 5.94. The molecule has 0 aliphatic heterocycles. The van der Waals surface area contributed by atoms with Crippen LogP contribution in [0.3, 0.4) is 0 Å². The Hall–Kier alpha value is -3.34. The van der Waals surface area contributed by atoms with Crippen LogP contribution in [-0.4, -0.2) is 22.4 Å². The number of hydrogen-bond donors (Lipinski definition) is 3. The Morgan fingerprint density at radius 2 is 1.77 bits per heavy atom. The molecule has 5 heteroatoms. The van der Waals surface area contributed by atoms with E-state index in [1.807, 2.05) is 24.4 Å². The first-order chi connectivity index (χ1) is 12.7. The summed E-state index contributed by atoms with van der Waals surface area (Å²) in [4.78, 5) is 18.5. The van der Waals surface area contributed by atoms with Gasteiger partial charge in [-0.3, -0.25) is 4.79 Å². The zero-order chi connectivity index (χ0) is 17.9. The van der Waals surface area contributed by atoms with Gasteiger partial charge >= 0.3 is 0 Å². The summed E-state index contributed by atoms with van der Waals surface area (Å²) in [6.07, 6.45) is 4.49. The number of rotatable bonds is 5. The highest BCUT2D eigenvalue weighted by Gasteiger charge is 2.10. The van der Waals surface area contributed by atoms with Gasteiger partial charge in [-0.1, -0.05) is 30.3 Å². The van der Waals surface area contributed by atoms with Crippen LogP contribution >= 0.6 is 0 Å². The molecule has 0 aliphatic carbocycles. The van der Waals surface area contributed by atoms with E-state index in [9.17, 15) is 9.18 Å². The second kappa shape index (κ2) is 6.88. The largest absolute Gasteiger partial charge is 0.361 e. The second-order valence-electron chi connectivity index (χ2n) is 6.17. The van der Waals surface area contributed by atoms with E-state index in [1.54, 1.807) is 24.4 Å². The minimum atomic E-state index is -0.278. The number of hydrogen-bond acceptors (Lipinski definition) is 1. The molecule has 0 saturated carbocycles. The zero-order valence-corrected chi connectivity index (χ0v) is 14.1. The molecule has 4 aromatic rings. The first-order valence-corrected chi connectivity index (χ1v) is 8.48. The van der Waals surface area contributed by atoms with E-state index in [2.05, 4.69) is 21.4 Å². The van der Waals surface area contributed by atoms with Crippen molar-refractivity contribution in [2.24, 2.45) is 0 Å². The average Bonchev–Trinajstić information content (AvgIpc) is 3.30. The Balaban J connectivity index is 1.39. The van der Waals surface area contributed by atoms with Crippen LogP contribution in [-0.2, 0) is 6.42 Å². The Kier molecular flexibility index (Phi) is 4.27. The number of para-hydroxylation sites is 1. The third kappa shape index (κ3) is 3.24. The van der Waals surface area contributed by atoms with Crippen LogP contribution < -0.4 is 5.32 Å². The van der Waals surface area contributed by atoms with Gasteiger partial charge in [-0.05, 0) is 47.4 Å². The number of nitrogens with one attached hydrogen (secondary N) is 3. The van der Waals surface area contributed by atoms with Gasteiger partial charge in [-0.2, -0.15) is 0 Å². The van der Waals surface area contributed by atoms with Crippen molar-refractivity contribution in [3.05, 3.63) is 84.1 Å². The molecule has 0 unspecified atom stereocenters. The molecule has 2 aromatic carbocycles. The van der Waals surface area contributed by atoms with Gasteiger partial charge in [0.15, 0.2) is 0 Å². The highest BCUT2D eigenvalue weighted by atomic mass is 19.1. The van der Waals surface area contributed by atoms with Gasteiger partial charge in [0.05, 0.1) is 0 Å². The van der Waals surface area contributed by atoms with E-state index in [1.165, 1.54) is 23.1 Å². The van der Waals surface area contributed by atoms with Gasteiger partial charge in [0.1, 0.15) is 11.5 Å². The van der Waals surface area contributed by atoms with Gasteiger partial charge in [-0.15, -0.1) is 0 Å². The predicted molar refractivity (Wildman–Crippen MR) is 101 cm³/mol. The van der Waals surface area contributed by atoms with Crippen molar-refractivity contribution >= 4 is 16.8 Å². The van der Waals surface area contributed by atoms with Gasteiger partial charge in [0.2, 0.25) is 0 Å². The summed E-state index contributed by atoms with van der Waals surface area (Å²) in [7, 11) is 0. The molecule has 0 spiro atoms. The smallest absolute Gasteiger partial charge is 0.267 e. The Labute approximate surface area is 150 Å². The summed E-state index contributed by atoms with van der Waals surface area (Å²) >= 11 is 0. The molecule has 4 rings (SSSR count). The minimum absolute atomic E-state index is 0.154. The molecule has 2 heterocycles. The van der Waals surface area contributed by atoms with Crippen molar-refractivity contribution in [3.63, 3.8) is 0 Å². The van der Waals surface area contributed by atoms with Crippen LogP contribution in [0.2, 0.25) is 0 Å². The standard InChI is InChI=1S/C21H18FN3O/c22-17-7-5-14(6-8-17)16-11-20(25-13-16)21(26)23-10-9-15-12-24-19-4-2-1-3-18(15)19/h1-8,11-13,24-25H,9-10H2,(H,23,26). The molecule has 130 valence electrons. The number of fused-ring (bicyclic) bond motifs is 1. The number of aromatic amines is 2. The first-order valence-electron chi connectivity index (χ1n) is 8.48. The van der Waals surface area contributed by atoms with Crippen LogP contribution in [0.15, 0.2) is 67.0 Å². The van der Waals surface area contributed by atoms with E-state index in [4.69, 9.17) is 0 Å². The van der Waals surface area contributed by atoms with E-state index >= 15 is 0 Å². The zero-order valence-electron chi connectivity index (χ0n) is 14.1. The third-order valence-electron chi connectivity index (χ3n) is 4.46. The van der Waals surface area contributed by atoms with Crippen molar-refractivity contribution in [1.82, 2.24) is 15.3 Å². The van der Waals surface area contributed by atoms with Crippen LogP contribution in [0.1, 0.15) is 16.1 Å². The summed E-state index contributed by atoms with van der Waals surface area (Å²) in [5, 5.41) is 4.11. The minimum Gasteiger partial charge on any atom is -0.361 e. The van der Waals surface area contributed by atoms with E-state index in [0.29, 0.717) is 12.2 Å². The Bertz CT molecular complexity index is 1050. The molecule has 0 bridgehead atoms. The van der Waals surface area contributed by atoms with Gasteiger partial charge in [-0.25, -0.2) is 4.39 Å². The third-order valence-corrected chi connectivity index (χ3v) is 4.46. The maximum absolute atomic E-state index is 13.0. The lowest BCUT2D eigenvalue weighted by molar-refractivity contribution is 0.0950. The molecule has 0 aliphatic rings. The Morgan fingerprint density at radius 3 is 2.62 bits per heavy atom. The number of halogens is 1. The van der Waals surface area contributed by atoms with Crippen LogP contribution in [0.25, 0.3) is 22.0 Å². The summed E-state index contributed by atoms with van der Waals surface area (Å²) in [5.74, 6) is -0.433. The number of carbonyl (C=O) groups is 1. The van der Waals surface area contributed by atoms with E-state index < -0.39 is 0 Å². The lowest BCUT2D eigenvalue weighted by Crippen LogP contribution is -2.25. The number of benzene rings is 2. The van der Waals surface area contributed by atoms with Gasteiger partial charge in [0.25, 0.3) is 5.91 Å². The normalized spacial score (nSPS) is 11.0. The quantitative estimate of drug-likeness (QED) is 0.496. The molecule has 0 radical (unpaired) electrons. The average molecular weight is 347 g/mol. The Morgan fingerprint density at radius 1 is 0.962 bits per heavy atom. The summed E-state index contributed by atoms with van der Waals surface area (Å²) in [6, 6.07) is 16.1. The first kappa shape index (κ1) is 16.1. The fraction of sp³-hybridized carbons (Fsp3) is 0.0952. The maximum Gasteiger partial charge on any atom is 0.267 e. The van der Waals surface area contributed by atoms with Crippen molar-refractivity contribution in [3.8, 4) is 11.1 Å². The van der Waals surface area contributed by atoms with Crippen LogP contribution in [0.4, 0.5) is 4.39 Å². The highest BCUT2D eigenvalue weighted by Crippen LogP contribution is 2.21. The predicted octanol–water partition coefficient (Wildman–Crippen LogP) is 4.27. The second-order valence-corrected chi connectivity index (χ2v) is 6.17. The molecule has 0 atom stereocenters. The van der Waals surface area contributed by atoms with Crippen molar-refractivity contribution in [1.29, 1.82) is 0 Å². The molecule has 4 nitrogen and oxygen atoms in total. The summed E-state index contributed by atoms with van der Waals surface area (Å²) < 4.78 is 13.0. The van der Waals surface area contributed by atoms with E-state index in [0.717, 1.165) is 23.1 Å². The molecule has 1 amide bonds. The molecular weight excluding hydrogens is 329 g/mol. The summed E-state index contributed by atoms with van der Waals surface area (Å²) in [5.41, 5.74) is 4.48. The molecule has 0 fully saturated rings. The van der Waals surface area contributed by atoms with Crippen molar-refractivity contribution < 1.29 is 9.18 Å². The fourth-order valence-electron chi connectivity index (χ4n) is 3.08. The van der Waals surface area contributed by atoms with Crippen molar-refractivity contribution in [2.75, 3.05) is 6.54 Å². The van der Waals surface area contributed by atoms with E-state index in [-0.39, 0.29) is 11.7 Å². The molecule has 2 aromatic heterocycles. The number of carbonyl (C=O) groups excluding carboxylic acids is 1. The lowest BCUT2D eigenvalue weighted by atomic mass is 10.1.